The van der Waals surface area contributed by atoms with E-state index in [2.05, 4.69) is 5.73 Å². The summed E-state index contributed by atoms with van der Waals surface area (Å²) in [6.07, 6.45) is 0.653. The fraction of sp³-hybridized carbons (Fsp3) is 0.300. The number of hydrogen-bond donors (Lipinski definition) is 1. The van der Waals surface area contributed by atoms with Crippen molar-refractivity contribution in [2.75, 3.05) is 13.7 Å². The van der Waals surface area contributed by atoms with Gasteiger partial charge in [0.05, 0.1) is 6.61 Å². The molecule has 0 aliphatic heterocycles. The Labute approximate surface area is 78.5 Å². The summed E-state index contributed by atoms with van der Waals surface area (Å²) in [5, 5.41) is 0. The summed E-state index contributed by atoms with van der Waals surface area (Å²) >= 11 is 0. The summed E-state index contributed by atoms with van der Waals surface area (Å²) in [6.45, 7) is 0.848. The van der Waals surface area contributed by atoms with Gasteiger partial charge in [-0.05, 0) is 5.56 Å². The predicted molar refractivity (Wildman–Crippen MR) is 52.3 cm³/mol. The molecule has 0 aliphatic rings. The normalized spacial score (nSPS) is 8.46. The van der Waals surface area contributed by atoms with Gasteiger partial charge in [-0.1, -0.05) is 30.3 Å². The maximum absolute atomic E-state index is 9.05. The third-order valence-electron chi connectivity index (χ3n) is 1.25. The van der Waals surface area contributed by atoms with E-state index in [0.717, 1.165) is 0 Å². The van der Waals surface area contributed by atoms with Crippen molar-refractivity contribution in [3.63, 3.8) is 0 Å². The Bertz CT molecular complexity index is 211. The van der Waals surface area contributed by atoms with E-state index in [-0.39, 0.29) is 6.54 Å². The van der Waals surface area contributed by atoms with E-state index >= 15 is 0 Å². The van der Waals surface area contributed by atoms with E-state index in [1.54, 1.807) is 7.11 Å². The quantitative estimate of drug-likeness (QED) is 0.707. The third-order valence-corrected chi connectivity index (χ3v) is 1.25. The van der Waals surface area contributed by atoms with Gasteiger partial charge in [0.2, 0.25) is 0 Å². The highest BCUT2D eigenvalue weighted by molar-refractivity contribution is 5.51. The molecular formula is C10H15NO2. The molecule has 1 aromatic carbocycles. The van der Waals surface area contributed by atoms with Crippen LogP contribution in [0.2, 0.25) is 0 Å². The van der Waals surface area contributed by atoms with E-state index in [9.17, 15) is 0 Å². The SMILES string of the molecule is COCc1ccccc1.NCC=O. The smallest absolute Gasteiger partial charge is 0.133 e. The zero-order chi connectivity index (χ0) is 9.94. The Balaban J connectivity index is 0.000000310. The Morgan fingerprint density at radius 3 is 2.31 bits per heavy atom. The van der Waals surface area contributed by atoms with Gasteiger partial charge in [0, 0.05) is 13.7 Å². The minimum atomic E-state index is 0.139. The van der Waals surface area contributed by atoms with Crippen LogP contribution in [0.1, 0.15) is 5.56 Å². The van der Waals surface area contributed by atoms with Gasteiger partial charge < -0.3 is 15.3 Å². The summed E-state index contributed by atoms with van der Waals surface area (Å²) in [4.78, 5) is 9.05. The maximum atomic E-state index is 9.05. The first-order chi connectivity index (χ1) is 6.35. The molecule has 0 atom stereocenters. The Kier molecular flexibility index (Phi) is 8.09. The van der Waals surface area contributed by atoms with Crippen molar-refractivity contribution in [2.45, 2.75) is 6.61 Å². The molecule has 0 saturated heterocycles. The second kappa shape index (κ2) is 8.90. The van der Waals surface area contributed by atoms with Crippen LogP contribution in [0.15, 0.2) is 30.3 Å². The molecule has 0 spiro atoms. The van der Waals surface area contributed by atoms with Crippen LogP contribution in [0, 0.1) is 0 Å². The summed E-state index contributed by atoms with van der Waals surface area (Å²) < 4.78 is 4.93. The van der Waals surface area contributed by atoms with Gasteiger partial charge in [-0.15, -0.1) is 0 Å². The van der Waals surface area contributed by atoms with Crippen molar-refractivity contribution in [1.82, 2.24) is 0 Å². The number of carbonyl (C=O) groups excluding carboxylic acids is 1. The van der Waals surface area contributed by atoms with Gasteiger partial charge in [-0.2, -0.15) is 0 Å². The van der Waals surface area contributed by atoms with Crippen molar-refractivity contribution in [1.29, 1.82) is 0 Å². The minimum absolute atomic E-state index is 0.139. The molecule has 3 nitrogen and oxygen atoms in total. The predicted octanol–water partition coefficient (Wildman–Crippen LogP) is 0.977. The Morgan fingerprint density at radius 2 is 1.92 bits per heavy atom. The van der Waals surface area contributed by atoms with Crippen molar-refractivity contribution in [3.05, 3.63) is 35.9 Å². The molecule has 3 heteroatoms. The molecule has 1 rings (SSSR count). The lowest BCUT2D eigenvalue weighted by Gasteiger charge is -1.95. The summed E-state index contributed by atoms with van der Waals surface area (Å²) in [5.74, 6) is 0. The fourth-order valence-electron chi connectivity index (χ4n) is 0.741. The first-order valence-electron chi connectivity index (χ1n) is 4.01. The van der Waals surface area contributed by atoms with E-state index in [4.69, 9.17) is 9.53 Å². The average Bonchev–Trinajstić information content (AvgIpc) is 2.20. The number of hydrogen-bond acceptors (Lipinski definition) is 3. The molecule has 0 aliphatic carbocycles. The molecule has 13 heavy (non-hydrogen) atoms. The first kappa shape index (κ1) is 11.8. The van der Waals surface area contributed by atoms with Crippen molar-refractivity contribution >= 4 is 6.29 Å². The van der Waals surface area contributed by atoms with Crippen LogP contribution in [0.5, 0.6) is 0 Å². The highest BCUT2D eigenvalue weighted by Crippen LogP contribution is 1.98. The number of benzene rings is 1. The maximum Gasteiger partial charge on any atom is 0.133 e. The highest BCUT2D eigenvalue weighted by Gasteiger charge is 1.84. The van der Waals surface area contributed by atoms with Crippen LogP contribution in [-0.2, 0) is 16.1 Å². The topological polar surface area (TPSA) is 52.3 Å². The van der Waals surface area contributed by atoms with E-state index in [1.165, 1.54) is 5.56 Å². The van der Waals surface area contributed by atoms with E-state index < -0.39 is 0 Å². The summed E-state index contributed by atoms with van der Waals surface area (Å²) in [5.41, 5.74) is 5.88. The minimum Gasteiger partial charge on any atom is -0.380 e. The Hall–Kier alpha value is -1.19. The van der Waals surface area contributed by atoms with Crippen molar-refractivity contribution in [2.24, 2.45) is 5.73 Å². The van der Waals surface area contributed by atoms with Crippen LogP contribution in [0.25, 0.3) is 0 Å². The molecule has 72 valence electrons. The lowest BCUT2D eigenvalue weighted by molar-refractivity contribution is -0.106. The molecule has 0 bridgehead atoms. The number of ether oxygens (including phenoxy) is 1. The van der Waals surface area contributed by atoms with Crippen molar-refractivity contribution < 1.29 is 9.53 Å². The van der Waals surface area contributed by atoms with Gasteiger partial charge in [-0.25, -0.2) is 0 Å². The molecule has 0 aromatic heterocycles. The number of methoxy groups -OCH3 is 1. The second-order valence-corrected chi connectivity index (χ2v) is 2.32. The largest absolute Gasteiger partial charge is 0.380 e. The summed E-state index contributed by atoms with van der Waals surface area (Å²) in [6, 6.07) is 10.1. The number of rotatable bonds is 3. The molecule has 0 fully saturated rings. The summed E-state index contributed by atoms with van der Waals surface area (Å²) in [7, 11) is 1.70. The monoisotopic (exact) mass is 181 g/mol. The zero-order valence-corrected chi connectivity index (χ0v) is 7.77. The second-order valence-electron chi connectivity index (χ2n) is 2.32. The molecule has 0 radical (unpaired) electrons. The van der Waals surface area contributed by atoms with Crippen molar-refractivity contribution in [3.8, 4) is 0 Å². The van der Waals surface area contributed by atoms with Gasteiger partial charge in [0.25, 0.3) is 0 Å². The molecular weight excluding hydrogens is 166 g/mol. The average molecular weight is 181 g/mol. The zero-order valence-electron chi connectivity index (χ0n) is 7.77. The molecule has 2 N–H and O–H groups in total. The van der Waals surface area contributed by atoms with Crippen LogP contribution >= 0.6 is 0 Å². The Morgan fingerprint density at radius 1 is 1.38 bits per heavy atom. The van der Waals surface area contributed by atoms with E-state index in [0.29, 0.717) is 12.9 Å². The van der Waals surface area contributed by atoms with Crippen LogP contribution in [0.3, 0.4) is 0 Å². The van der Waals surface area contributed by atoms with Gasteiger partial charge in [-0.3, -0.25) is 0 Å². The molecule has 0 heterocycles. The van der Waals surface area contributed by atoms with E-state index in [1.807, 2.05) is 30.3 Å². The lowest BCUT2D eigenvalue weighted by Crippen LogP contribution is -1.97. The van der Waals surface area contributed by atoms with Gasteiger partial charge in [0.1, 0.15) is 6.29 Å². The number of aldehydes is 1. The van der Waals surface area contributed by atoms with Crippen LogP contribution in [0.4, 0.5) is 0 Å². The standard InChI is InChI=1S/C8H10O.C2H5NO/c1-9-7-8-5-3-2-4-6-8;3-1-2-4/h2-6H,7H2,1H3;2H,1,3H2. The lowest BCUT2D eigenvalue weighted by atomic mass is 10.2. The highest BCUT2D eigenvalue weighted by atomic mass is 16.5. The molecule has 0 amide bonds. The fourth-order valence-corrected chi connectivity index (χ4v) is 0.741. The molecule has 0 unspecified atom stereocenters. The third kappa shape index (κ3) is 7.18. The van der Waals surface area contributed by atoms with Gasteiger partial charge >= 0.3 is 0 Å². The van der Waals surface area contributed by atoms with Crippen LogP contribution < -0.4 is 5.73 Å². The van der Waals surface area contributed by atoms with Crippen LogP contribution in [-0.4, -0.2) is 19.9 Å². The number of nitrogens with two attached hydrogens (primary N) is 1. The number of carbonyl (C=O) groups is 1. The molecule has 0 saturated carbocycles. The molecule has 1 aromatic rings. The van der Waals surface area contributed by atoms with Gasteiger partial charge in [0.15, 0.2) is 0 Å². The first-order valence-corrected chi connectivity index (χ1v) is 4.01.